The number of benzene rings is 1. The minimum Gasteiger partial charge on any atom is -0.206 e. The van der Waals surface area contributed by atoms with Crippen LogP contribution >= 0.6 is 50.5 Å². The summed E-state index contributed by atoms with van der Waals surface area (Å²) in [6.45, 7) is 0.164. The number of halogens is 3. The smallest absolute Gasteiger partial charge is 0.206 e. The zero-order chi connectivity index (χ0) is 14.9. The van der Waals surface area contributed by atoms with Crippen molar-refractivity contribution in [3.05, 3.63) is 49.7 Å². The maximum absolute atomic E-state index is 12.4. The van der Waals surface area contributed by atoms with Gasteiger partial charge >= 0.3 is 0 Å². The third-order valence-corrected chi connectivity index (χ3v) is 7.39. The average Bonchev–Trinajstić information content (AvgIpc) is 2.82. The summed E-state index contributed by atoms with van der Waals surface area (Å²) in [4.78, 5) is 0. The van der Waals surface area contributed by atoms with Crippen LogP contribution in [0.4, 0.5) is 0 Å². The highest BCUT2D eigenvalue weighted by molar-refractivity contribution is 9.11. The number of sulfonamides is 1. The first kappa shape index (κ1) is 16.3. The summed E-state index contributed by atoms with van der Waals surface area (Å²) in [7, 11) is -2.01. The quantitative estimate of drug-likeness (QED) is 0.730. The summed E-state index contributed by atoms with van der Waals surface area (Å²) in [6.07, 6.45) is 0. The van der Waals surface area contributed by atoms with E-state index in [4.69, 9.17) is 23.2 Å². The Balaban J connectivity index is 2.28. The molecular formula is C12H10BrCl2NO2S2. The molecule has 1 aromatic carbocycles. The molecule has 1 aromatic heterocycles. The number of hydrogen-bond acceptors (Lipinski definition) is 3. The highest BCUT2D eigenvalue weighted by Crippen LogP contribution is 2.30. The van der Waals surface area contributed by atoms with E-state index in [1.165, 1.54) is 22.7 Å². The monoisotopic (exact) mass is 413 g/mol. The number of hydrogen-bond donors (Lipinski definition) is 0. The van der Waals surface area contributed by atoms with E-state index >= 15 is 0 Å². The lowest BCUT2D eigenvalue weighted by Gasteiger charge is -2.17. The van der Waals surface area contributed by atoms with Crippen molar-refractivity contribution in [3.63, 3.8) is 0 Å². The molecule has 0 saturated heterocycles. The normalized spacial score (nSPS) is 12.1. The van der Waals surface area contributed by atoms with E-state index in [0.717, 1.165) is 3.79 Å². The Morgan fingerprint density at radius 1 is 1.25 bits per heavy atom. The summed E-state index contributed by atoms with van der Waals surface area (Å²) in [5.41, 5.74) is 0.667. The molecule has 20 heavy (non-hydrogen) atoms. The van der Waals surface area contributed by atoms with Gasteiger partial charge in [0.25, 0.3) is 10.0 Å². The van der Waals surface area contributed by atoms with Crippen molar-refractivity contribution in [1.29, 1.82) is 0 Å². The Morgan fingerprint density at radius 2 is 1.95 bits per heavy atom. The molecule has 2 rings (SSSR count). The van der Waals surface area contributed by atoms with Crippen molar-refractivity contribution < 1.29 is 8.42 Å². The second kappa shape index (κ2) is 6.34. The molecule has 0 fully saturated rings. The van der Waals surface area contributed by atoms with E-state index in [-0.39, 0.29) is 10.8 Å². The van der Waals surface area contributed by atoms with E-state index in [9.17, 15) is 8.42 Å². The van der Waals surface area contributed by atoms with Gasteiger partial charge in [-0.15, -0.1) is 11.3 Å². The van der Waals surface area contributed by atoms with Crippen LogP contribution in [0.1, 0.15) is 5.56 Å². The van der Waals surface area contributed by atoms with Crippen molar-refractivity contribution in [2.24, 2.45) is 0 Å². The van der Waals surface area contributed by atoms with Crippen LogP contribution in [0.2, 0.25) is 10.0 Å². The summed E-state index contributed by atoms with van der Waals surface area (Å²) in [5.74, 6) is 0. The maximum Gasteiger partial charge on any atom is 0.252 e. The van der Waals surface area contributed by atoms with E-state index in [0.29, 0.717) is 15.6 Å². The van der Waals surface area contributed by atoms with Crippen molar-refractivity contribution in [3.8, 4) is 0 Å². The van der Waals surface area contributed by atoms with Gasteiger partial charge in [-0.25, -0.2) is 8.42 Å². The molecule has 0 amide bonds. The van der Waals surface area contributed by atoms with Crippen LogP contribution in [0, 0.1) is 0 Å². The molecule has 0 atom stereocenters. The Labute approximate surface area is 140 Å². The van der Waals surface area contributed by atoms with Crippen LogP contribution < -0.4 is 0 Å². The van der Waals surface area contributed by atoms with Crippen LogP contribution in [0.5, 0.6) is 0 Å². The van der Waals surface area contributed by atoms with Gasteiger partial charge in [-0.1, -0.05) is 35.3 Å². The minimum atomic E-state index is -3.53. The third kappa shape index (κ3) is 3.37. The van der Waals surface area contributed by atoms with Gasteiger partial charge in [0, 0.05) is 13.6 Å². The Morgan fingerprint density at radius 3 is 2.55 bits per heavy atom. The van der Waals surface area contributed by atoms with Gasteiger partial charge in [-0.3, -0.25) is 0 Å². The van der Waals surface area contributed by atoms with Crippen molar-refractivity contribution in [1.82, 2.24) is 4.31 Å². The van der Waals surface area contributed by atoms with E-state index < -0.39 is 10.0 Å². The Bertz CT molecular complexity index is 731. The van der Waals surface area contributed by atoms with E-state index in [2.05, 4.69) is 15.9 Å². The molecule has 0 unspecified atom stereocenters. The first-order valence-corrected chi connectivity index (χ1v) is 9.27. The molecule has 0 N–H and O–H groups in total. The molecular weight excluding hydrogens is 405 g/mol. The second-order valence-corrected chi connectivity index (χ2v) is 9.55. The zero-order valence-electron chi connectivity index (χ0n) is 10.3. The maximum atomic E-state index is 12.4. The lowest BCUT2D eigenvalue weighted by Crippen LogP contribution is -2.25. The largest absolute Gasteiger partial charge is 0.252 e. The first-order chi connectivity index (χ1) is 9.32. The van der Waals surface area contributed by atoms with Gasteiger partial charge in [0.2, 0.25) is 0 Å². The van der Waals surface area contributed by atoms with Gasteiger partial charge in [0.05, 0.1) is 13.8 Å². The van der Waals surface area contributed by atoms with E-state index in [1.54, 1.807) is 30.3 Å². The summed E-state index contributed by atoms with van der Waals surface area (Å²) in [5, 5.41) is 0.789. The van der Waals surface area contributed by atoms with Gasteiger partial charge in [0.1, 0.15) is 4.21 Å². The molecule has 0 aliphatic rings. The lowest BCUT2D eigenvalue weighted by molar-refractivity contribution is 0.468. The molecule has 3 nitrogen and oxygen atoms in total. The molecule has 0 aliphatic heterocycles. The molecule has 0 aliphatic carbocycles. The standard InChI is InChI=1S/C12H10BrCl2NO2S2/c1-16(7-8-3-2-4-9(14)12(8)15)20(17,18)11-6-5-10(13)19-11/h2-6H,7H2,1H3. The third-order valence-electron chi connectivity index (χ3n) is 2.64. The predicted octanol–water partition coefficient (Wildman–Crippen LogP) is 4.64. The highest BCUT2D eigenvalue weighted by atomic mass is 79.9. The molecule has 108 valence electrons. The lowest BCUT2D eigenvalue weighted by atomic mass is 10.2. The van der Waals surface area contributed by atoms with Crippen LogP contribution in [0.3, 0.4) is 0 Å². The van der Waals surface area contributed by atoms with Crippen molar-refractivity contribution >= 4 is 60.5 Å². The predicted molar refractivity (Wildman–Crippen MR) is 87.1 cm³/mol. The number of nitrogens with zero attached hydrogens (tertiary/aromatic N) is 1. The first-order valence-electron chi connectivity index (χ1n) is 5.47. The fraction of sp³-hybridized carbons (Fsp3) is 0.167. The number of rotatable bonds is 4. The number of thiophene rings is 1. The molecule has 0 saturated carbocycles. The molecule has 0 bridgehead atoms. The molecule has 1 heterocycles. The molecule has 0 spiro atoms. The molecule has 8 heteroatoms. The fourth-order valence-electron chi connectivity index (χ4n) is 1.59. The highest BCUT2D eigenvalue weighted by Gasteiger charge is 2.23. The van der Waals surface area contributed by atoms with Crippen LogP contribution in [0.15, 0.2) is 38.3 Å². The SMILES string of the molecule is CN(Cc1cccc(Cl)c1Cl)S(=O)(=O)c1ccc(Br)s1. The zero-order valence-corrected chi connectivity index (χ0v) is 15.0. The second-order valence-electron chi connectivity index (χ2n) is 4.03. The van der Waals surface area contributed by atoms with Gasteiger partial charge in [-0.05, 0) is 39.7 Å². The van der Waals surface area contributed by atoms with E-state index in [1.807, 2.05) is 0 Å². The summed E-state index contributed by atoms with van der Waals surface area (Å²) < 4.78 is 27.1. The average molecular weight is 415 g/mol. The Kier molecular flexibility index (Phi) is 5.15. The van der Waals surface area contributed by atoms with Crippen LogP contribution in [-0.2, 0) is 16.6 Å². The molecule has 0 radical (unpaired) electrons. The van der Waals surface area contributed by atoms with Gasteiger partial charge in [0.15, 0.2) is 0 Å². The van der Waals surface area contributed by atoms with Gasteiger partial charge in [-0.2, -0.15) is 4.31 Å². The molecule has 2 aromatic rings. The Hall–Kier alpha value is -0.110. The summed E-state index contributed by atoms with van der Waals surface area (Å²) >= 11 is 16.4. The van der Waals surface area contributed by atoms with Gasteiger partial charge < -0.3 is 0 Å². The van der Waals surface area contributed by atoms with Crippen LogP contribution in [-0.4, -0.2) is 19.8 Å². The topological polar surface area (TPSA) is 37.4 Å². The minimum absolute atomic E-state index is 0.164. The van der Waals surface area contributed by atoms with Crippen LogP contribution in [0.25, 0.3) is 0 Å². The summed E-state index contributed by atoms with van der Waals surface area (Å²) in [6, 6.07) is 8.44. The van der Waals surface area contributed by atoms with Crippen molar-refractivity contribution in [2.45, 2.75) is 10.8 Å². The van der Waals surface area contributed by atoms with Crippen molar-refractivity contribution in [2.75, 3.05) is 7.05 Å². The fourth-order valence-corrected chi connectivity index (χ4v) is 5.33.